The second-order valence-corrected chi connectivity index (χ2v) is 4.80. The molecule has 1 aromatic rings. The SMILES string of the molecule is O=C(O)CC1(c2c(F)cccc2Br)CC1. The van der Waals surface area contributed by atoms with Crippen molar-refractivity contribution in [2.75, 3.05) is 0 Å². The number of rotatable bonds is 3. The monoisotopic (exact) mass is 272 g/mol. The van der Waals surface area contributed by atoms with Crippen LogP contribution in [0.15, 0.2) is 22.7 Å². The zero-order valence-electron chi connectivity index (χ0n) is 7.96. The molecule has 1 N–H and O–H groups in total. The molecule has 1 fully saturated rings. The topological polar surface area (TPSA) is 37.3 Å². The number of halogens is 2. The summed E-state index contributed by atoms with van der Waals surface area (Å²) >= 11 is 3.28. The summed E-state index contributed by atoms with van der Waals surface area (Å²) in [7, 11) is 0. The summed E-state index contributed by atoms with van der Waals surface area (Å²) in [5.41, 5.74) is 0.0446. The molecule has 0 aromatic heterocycles. The van der Waals surface area contributed by atoms with Gasteiger partial charge in [0.25, 0.3) is 0 Å². The maximum absolute atomic E-state index is 13.6. The van der Waals surface area contributed by atoms with Gasteiger partial charge in [0.05, 0.1) is 6.42 Å². The van der Waals surface area contributed by atoms with Crippen molar-refractivity contribution in [1.82, 2.24) is 0 Å². The van der Waals surface area contributed by atoms with Crippen molar-refractivity contribution in [2.24, 2.45) is 0 Å². The van der Waals surface area contributed by atoms with Crippen molar-refractivity contribution in [1.29, 1.82) is 0 Å². The van der Waals surface area contributed by atoms with Crippen LogP contribution in [0.3, 0.4) is 0 Å². The Morgan fingerprint density at radius 1 is 1.53 bits per heavy atom. The molecular formula is C11H10BrFO2. The Morgan fingerprint density at radius 3 is 2.67 bits per heavy atom. The van der Waals surface area contributed by atoms with E-state index in [1.165, 1.54) is 6.07 Å². The first-order valence-corrected chi connectivity index (χ1v) is 5.51. The second kappa shape index (κ2) is 3.59. The highest BCUT2D eigenvalue weighted by atomic mass is 79.9. The minimum absolute atomic E-state index is 0.00648. The maximum atomic E-state index is 13.6. The van der Waals surface area contributed by atoms with Gasteiger partial charge >= 0.3 is 5.97 Å². The molecule has 1 saturated carbocycles. The van der Waals surface area contributed by atoms with E-state index in [9.17, 15) is 9.18 Å². The largest absolute Gasteiger partial charge is 0.481 e. The van der Waals surface area contributed by atoms with Crippen molar-refractivity contribution < 1.29 is 14.3 Å². The number of carbonyl (C=O) groups is 1. The molecule has 0 heterocycles. The minimum atomic E-state index is -0.873. The van der Waals surface area contributed by atoms with E-state index in [-0.39, 0.29) is 12.2 Å². The number of hydrogen-bond donors (Lipinski definition) is 1. The standard InChI is InChI=1S/C11H10BrFO2/c12-7-2-1-3-8(13)10(7)11(4-5-11)6-9(14)15/h1-3H,4-6H2,(H,14,15). The predicted octanol–water partition coefficient (Wildman–Crippen LogP) is 3.09. The zero-order chi connectivity index (χ0) is 11.1. The van der Waals surface area contributed by atoms with E-state index in [1.807, 2.05) is 0 Å². The molecule has 0 bridgehead atoms. The van der Waals surface area contributed by atoms with Crippen LogP contribution in [0, 0.1) is 5.82 Å². The molecule has 0 aliphatic heterocycles. The van der Waals surface area contributed by atoms with E-state index in [4.69, 9.17) is 5.11 Å². The van der Waals surface area contributed by atoms with Gasteiger partial charge in [-0.15, -0.1) is 0 Å². The molecule has 0 atom stereocenters. The number of hydrogen-bond acceptors (Lipinski definition) is 1. The van der Waals surface area contributed by atoms with Gasteiger partial charge in [0.15, 0.2) is 0 Å². The Balaban J connectivity index is 2.41. The molecule has 15 heavy (non-hydrogen) atoms. The molecule has 1 aliphatic carbocycles. The maximum Gasteiger partial charge on any atom is 0.304 e. The third-order valence-corrected chi connectivity index (χ3v) is 3.50. The van der Waals surface area contributed by atoms with Gasteiger partial charge in [0.2, 0.25) is 0 Å². The Kier molecular flexibility index (Phi) is 2.54. The smallest absolute Gasteiger partial charge is 0.304 e. The number of carboxylic acids is 1. The quantitative estimate of drug-likeness (QED) is 0.918. The van der Waals surface area contributed by atoms with E-state index in [0.717, 1.165) is 12.8 Å². The van der Waals surface area contributed by atoms with Gasteiger partial charge in [-0.1, -0.05) is 22.0 Å². The van der Waals surface area contributed by atoms with Crippen LogP contribution in [-0.4, -0.2) is 11.1 Å². The lowest BCUT2D eigenvalue weighted by Crippen LogP contribution is -2.15. The van der Waals surface area contributed by atoms with Gasteiger partial charge in [0.1, 0.15) is 5.82 Å². The molecule has 0 radical (unpaired) electrons. The average Bonchev–Trinajstić information content (AvgIpc) is 2.83. The summed E-state index contributed by atoms with van der Waals surface area (Å²) < 4.78 is 14.3. The Hall–Kier alpha value is -0.900. The average molecular weight is 273 g/mol. The molecule has 0 saturated heterocycles. The number of aliphatic carboxylic acids is 1. The van der Waals surface area contributed by atoms with Crippen LogP contribution < -0.4 is 0 Å². The molecule has 2 rings (SSSR count). The van der Waals surface area contributed by atoms with Crippen molar-refractivity contribution in [3.05, 3.63) is 34.1 Å². The molecule has 4 heteroatoms. The van der Waals surface area contributed by atoms with E-state index in [0.29, 0.717) is 10.0 Å². The van der Waals surface area contributed by atoms with Crippen molar-refractivity contribution in [3.8, 4) is 0 Å². The summed E-state index contributed by atoms with van der Waals surface area (Å²) in [5.74, 6) is -1.19. The summed E-state index contributed by atoms with van der Waals surface area (Å²) in [4.78, 5) is 10.7. The van der Waals surface area contributed by atoms with Crippen molar-refractivity contribution in [2.45, 2.75) is 24.7 Å². The summed E-state index contributed by atoms with van der Waals surface area (Å²) in [6, 6.07) is 4.74. The lowest BCUT2D eigenvalue weighted by Gasteiger charge is -2.15. The fourth-order valence-corrected chi connectivity index (χ4v) is 2.72. The van der Waals surface area contributed by atoms with E-state index < -0.39 is 11.4 Å². The Bertz CT molecular complexity index is 393. The molecular weight excluding hydrogens is 263 g/mol. The predicted molar refractivity (Wildman–Crippen MR) is 57.3 cm³/mol. The van der Waals surface area contributed by atoms with E-state index in [1.54, 1.807) is 12.1 Å². The highest BCUT2D eigenvalue weighted by Crippen LogP contribution is 2.53. The van der Waals surface area contributed by atoms with Gasteiger partial charge < -0.3 is 5.11 Å². The van der Waals surface area contributed by atoms with Crippen molar-refractivity contribution >= 4 is 21.9 Å². The first kappa shape index (κ1) is 10.6. The molecule has 0 amide bonds. The van der Waals surface area contributed by atoms with Gasteiger partial charge in [-0.05, 0) is 25.0 Å². The Morgan fingerprint density at radius 2 is 2.20 bits per heavy atom. The number of carboxylic acid groups (broad SMARTS) is 1. The van der Waals surface area contributed by atoms with Gasteiger partial charge in [-0.25, -0.2) is 4.39 Å². The minimum Gasteiger partial charge on any atom is -0.481 e. The highest BCUT2D eigenvalue weighted by Gasteiger charge is 2.48. The molecule has 2 nitrogen and oxygen atoms in total. The van der Waals surface area contributed by atoms with Crippen molar-refractivity contribution in [3.63, 3.8) is 0 Å². The zero-order valence-corrected chi connectivity index (χ0v) is 9.55. The van der Waals surface area contributed by atoms with Crippen LogP contribution in [-0.2, 0) is 10.2 Å². The Labute approximate surface area is 95.2 Å². The van der Waals surface area contributed by atoms with Gasteiger partial charge in [-0.3, -0.25) is 4.79 Å². The first-order chi connectivity index (χ1) is 7.05. The van der Waals surface area contributed by atoms with Gasteiger partial charge in [-0.2, -0.15) is 0 Å². The summed E-state index contributed by atoms with van der Waals surface area (Å²) in [5, 5.41) is 8.79. The second-order valence-electron chi connectivity index (χ2n) is 3.95. The van der Waals surface area contributed by atoms with Gasteiger partial charge in [0, 0.05) is 15.5 Å². The van der Waals surface area contributed by atoms with Crippen LogP contribution in [0.2, 0.25) is 0 Å². The fourth-order valence-electron chi connectivity index (χ4n) is 1.96. The van der Waals surface area contributed by atoms with Crippen LogP contribution >= 0.6 is 15.9 Å². The normalized spacial score (nSPS) is 17.5. The van der Waals surface area contributed by atoms with Crippen LogP contribution in [0.25, 0.3) is 0 Å². The lowest BCUT2D eigenvalue weighted by atomic mass is 9.92. The molecule has 0 unspecified atom stereocenters. The van der Waals surface area contributed by atoms with Crippen LogP contribution in [0.5, 0.6) is 0 Å². The first-order valence-electron chi connectivity index (χ1n) is 4.71. The fraction of sp³-hybridized carbons (Fsp3) is 0.364. The third kappa shape index (κ3) is 1.91. The molecule has 1 aliphatic rings. The van der Waals surface area contributed by atoms with Crippen LogP contribution in [0.4, 0.5) is 4.39 Å². The number of benzene rings is 1. The highest BCUT2D eigenvalue weighted by molar-refractivity contribution is 9.10. The molecule has 0 spiro atoms. The third-order valence-electron chi connectivity index (χ3n) is 2.84. The lowest BCUT2D eigenvalue weighted by molar-refractivity contribution is -0.137. The summed E-state index contributed by atoms with van der Waals surface area (Å²) in [6.07, 6.45) is 1.50. The molecule has 80 valence electrons. The summed E-state index contributed by atoms with van der Waals surface area (Å²) in [6.45, 7) is 0. The van der Waals surface area contributed by atoms with E-state index in [2.05, 4.69) is 15.9 Å². The van der Waals surface area contributed by atoms with Crippen LogP contribution in [0.1, 0.15) is 24.8 Å². The molecule has 1 aromatic carbocycles. The van der Waals surface area contributed by atoms with E-state index >= 15 is 0 Å².